The van der Waals surface area contributed by atoms with E-state index < -0.39 is 0 Å². The van der Waals surface area contributed by atoms with E-state index >= 15 is 0 Å². The van der Waals surface area contributed by atoms with Crippen LogP contribution in [0, 0.1) is 3.57 Å². The fraction of sp³-hybridized carbons (Fsp3) is 0. The molecule has 0 aliphatic carbocycles. The lowest BCUT2D eigenvalue weighted by Gasteiger charge is -2.02. The van der Waals surface area contributed by atoms with Crippen molar-refractivity contribution in [1.82, 2.24) is 0 Å². The number of rotatable bonds is 2. The molecule has 0 amide bonds. The third kappa shape index (κ3) is 3.48. The molecule has 0 unspecified atom stereocenters. The van der Waals surface area contributed by atoms with E-state index in [0.29, 0.717) is 15.8 Å². The van der Waals surface area contributed by atoms with E-state index in [4.69, 9.17) is 11.6 Å². The maximum atomic E-state index is 12.2. The van der Waals surface area contributed by atoms with Crippen LogP contribution in [-0.2, 0) is 4.79 Å². The Morgan fingerprint density at radius 1 is 1.23 bits per heavy atom. The van der Waals surface area contributed by atoms with E-state index in [9.17, 15) is 4.79 Å². The van der Waals surface area contributed by atoms with Gasteiger partial charge in [-0.3, -0.25) is 4.79 Å². The highest BCUT2D eigenvalue weighted by Crippen LogP contribution is 2.33. The van der Waals surface area contributed by atoms with Gasteiger partial charge in [0.05, 0.1) is 5.02 Å². The molecule has 2 aromatic carbocycles. The van der Waals surface area contributed by atoms with Crippen LogP contribution in [0.3, 0.4) is 0 Å². The van der Waals surface area contributed by atoms with Gasteiger partial charge in [0, 0.05) is 13.6 Å². The van der Waals surface area contributed by atoms with Crippen molar-refractivity contribution in [2.45, 2.75) is 0 Å². The highest BCUT2D eigenvalue weighted by Gasteiger charge is 2.25. The molecule has 2 nitrogen and oxygen atoms in total. The second-order valence-electron chi connectivity index (χ2n) is 4.48. The summed E-state index contributed by atoms with van der Waals surface area (Å²) in [5.74, 6) is 0. The van der Waals surface area contributed by atoms with Crippen LogP contribution in [0.25, 0.3) is 6.08 Å². The first kappa shape index (κ1) is 16.2. The number of carbonyl (C=O) groups excluding carboxylic acids is 1. The second kappa shape index (κ2) is 6.86. The molecule has 0 bridgehead atoms. The van der Waals surface area contributed by atoms with Gasteiger partial charge in [0.25, 0.3) is 0 Å². The Bertz CT molecular complexity index is 835. The molecule has 0 N–H and O–H groups in total. The highest BCUT2D eigenvalue weighted by atomic mass is 127. The fourth-order valence-corrected chi connectivity index (χ4v) is 3.89. The number of aliphatic imine (C=N–C) groups is 1. The molecule has 0 saturated heterocycles. The van der Waals surface area contributed by atoms with Crippen molar-refractivity contribution in [2.75, 3.05) is 0 Å². The van der Waals surface area contributed by atoms with Crippen LogP contribution in [-0.4, -0.2) is 10.2 Å². The molecule has 3 rings (SSSR count). The molecule has 2 aromatic rings. The second-order valence-corrected chi connectivity index (χ2v) is 7.95. The van der Waals surface area contributed by atoms with E-state index in [-0.39, 0.29) is 5.12 Å². The monoisotopic (exact) mass is 503 g/mol. The zero-order valence-electron chi connectivity index (χ0n) is 11.0. The number of nitrogens with zero attached hydrogens (tertiary/aromatic N) is 1. The largest absolute Gasteiger partial charge is 0.279 e. The molecule has 22 heavy (non-hydrogen) atoms. The van der Waals surface area contributed by atoms with Crippen molar-refractivity contribution in [3.8, 4) is 0 Å². The number of hydrogen-bond donors (Lipinski definition) is 0. The summed E-state index contributed by atoms with van der Waals surface area (Å²) < 4.78 is 1.98. The highest BCUT2D eigenvalue weighted by molar-refractivity contribution is 14.1. The van der Waals surface area contributed by atoms with Crippen LogP contribution in [0.2, 0.25) is 5.02 Å². The Morgan fingerprint density at radius 2 is 2.00 bits per heavy atom. The summed E-state index contributed by atoms with van der Waals surface area (Å²) in [6, 6.07) is 13.4. The van der Waals surface area contributed by atoms with E-state index in [1.807, 2.05) is 42.5 Å². The van der Waals surface area contributed by atoms with Crippen LogP contribution in [0.15, 0.2) is 57.6 Å². The van der Waals surface area contributed by atoms with Gasteiger partial charge in [-0.2, -0.15) is 0 Å². The summed E-state index contributed by atoms with van der Waals surface area (Å²) in [5.41, 5.74) is 2.15. The molecule has 6 heteroatoms. The maximum absolute atomic E-state index is 12.2. The number of thioether (sulfide) groups is 1. The number of hydrogen-bond acceptors (Lipinski definition) is 3. The Kier molecular flexibility index (Phi) is 5.07. The van der Waals surface area contributed by atoms with E-state index in [1.54, 1.807) is 6.08 Å². The molecule has 0 atom stereocenters. The van der Waals surface area contributed by atoms with Gasteiger partial charge < -0.3 is 0 Å². The molecule has 0 spiro atoms. The average Bonchev–Trinajstić information content (AvgIpc) is 2.85. The molecule has 1 heterocycles. The van der Waals surface area contributed by atoms with Crippen LogP contribution < -0.4 is 0 Å². The van der Waals surface area contributed by atoms with Crippen molar-refractivity contribution >= 4 is 78.1 Å². The standard InChI is InChI=1S/C16H8BrClINOS/c17-12-4-2-1-3-9(12)7-14-16(21)22-15(20-14)11-8-10(19)5-6-13(11)18/h1-8H/b14-7+. The van der Waals surface area contributed by atoms with E-state index in [1.165, 1.54) is 0 Å². The number of benzene rings is 2. The summed E-state index contributed by atoms with van der Waals surface area (Å²) >= 11 is 13.0. The lowest BCUT2D eigenvalue weighted by molar-refractivity contribution is -0.107. The SMILES string of the molecule is O=C1SC(c2cc(I)ccc2Cl)=N/C1=C/c1ccccc1Br. The van der Waals surface area contributed by atoms with Gasteiger partial charge >= 0.3 is 0 Å². The zero-order chi connectivity index (χ0) is 15.7. The molecule has 1 aliphatic rings. The summed E-state index contributed by atoms with van der Waals surface area (Å²) in [4.78, 5) is 16.6. The molecule has 110 valence electrons. The Hall–Kier alpha value is -0.630. The van der Waals surface area contributed by atoms with Gasteiger partial charge in [0.1, 0.15) is 10.7 Å². The van der Waals surface area contributed by atoms with Crippen molar-refractivity contribution in [3.05, 3.63) is 72.4 Å². The Balaban J connectivity index is 2.02. The minimum absolute atomic E-state index is 0.0688. The minimum Gasteiger partial charge on any atom is -0.279 e. The van der Waals surface area contributed by atoms with Crippen LogP contribution in [0.5, 0.6) is 0 Å². The first-order valence-corrected chi connectivity index (χ1v) is 9.34. The van der Waals surface area contributed by atoms with Gasteiger partial charge in [-0.15, -0.1) is 0 Å². The molecular formula is C16H8BrClINOS. The average molecular weight is 505 g/mol. The van der Waals surface area contributed by atoms with Crippen LogP contribution in [0.1, 0.15) is 11.1 Å². The third-order valence-electron chi connectivity index (χ3n) is 2.98. The molecule has 0 aromatic heterocycles. The minimum atomic E-state index is -0.0688. The van der Waals surface area contributed by atoms with Crippen molar-refractivity contribution in [3.63, 3.8) is 0 Å². The normalized spacial score (nSPS) is 16.2. The lowest BCUT2D eigenvalue weighted by atomic mass is 10.2. The summed E-state index contributed by atoms with van der Waals surface area (Å²) in [7, 11) is 0. The van der Waals surface area contributed by atoms with E-state index in [0.717, 1.165) is 30.9 Å². The third-order valence-corrected chi connectivity index (χ3v) is 5.60. The molecule has 1 aliphatic heterocycles. The number of carbonyl (C=O) groups is 1. The fourth-order valence-electron chi connectivity index (χ4n) is 1.93. The van der Waals surface area contributed by atoms with Crippen molar-refractivity contribution in [2.24, 2.45) is 4.99 Å². The topological polar surface area (TPSA) is 29.4 Å². The van der Waals surface area contributed by atoms with Crippen LogP contribution in [0.4, 0.5) is 0 Å². The zero-order valence-corrected chi connectivity index (χ0v) is 16.3. The first-order valence-electron chi connectivity index (χ1n) is 6.27. The Labute approximate surface area is 159 Å². The summed E-state index contributed by atoms with van der Waals surface area (Å²) in [6.07, 6.45) is 1.79. The van der Waals surface area contributed by atoms with Crippen LogP contribution >= 0.6 is 61.9 Å². The molecule has 0 saturated carbocycles. The lowest BCUT2D eigenvalue weighted by Crippen LogP contribution is -1.95. The van der Waals surface area contributed by atoms with Gasteiger partial charge in [0.15, 0.2) is 0 Å². The van der Waals surface area contributed by atoms with Crippen molar-refractivity contribution < 1.29 is 4.79 Å². The predicted molar refractivity (Wildman–Crippen MR) is 105 cm³/mol. The Morgan fingerprint density at radius 3 is 2.77 bits per heavy atom. The maximum Gasteiger partial charge on any atom is 0.244 e. The first-order chi connectivity index (χ1) is 10.5. The molecule has 0 radical (unpaired) electrons. The van der Waals surface area contributed by atoms with Crippen molar-refractivity contribution in [1.29, 1.82) is 0 Å². The predicted octanol–water partition coefficient (Wildman–Crippen LogP) is 5.77. The quantitative estimate of drug-likeness (QED) is 0.384. The molecular weight excluding hydrogens is 497 g/mol. The van der Waals surface area contributed by atoms with Gasteiger partial charge in [0.2, 0.25) is 5.12 Å². The smallest absolute Gasteiger partial charge is 0.244 e. The van der Waals surface area contributed by atoms with Gasteiger partial charge in [-0.25, -0.2) is 4.99 Å². The summed E-state index contributed by atoms with van der Waals surface area (Å²) in [6.45, 7) is 0. The number of halogens is 3. The van der Waals surface area contributed by atoms with Gasteiger partial charge in [-0.1, -0.05) is 45.7 Å². The molecule has 0 fully saturated rings. The van der Waals surface area contributed by atoms with Gasteiger partial charge in [-0.05, 0) is 70.3 Å². The summed E-state index contributed by atoms with van der Waals surface area (Å²) in [5, 5.41) is 1.18. The van der Waals surface area contributed by atoms with E-state index in [2.05, 4.69) is 43.5 Å².